The minimum atomic E-state index is -3.89. The molecule has 3 rings (SSSR count). The number of carbonyl (C=O) groups is 1. The standard InChI is InChI=1S/C19H22ClN3O3S/c1-13-11-15(12-18(14(13)2)27(21,25)26)19(24)23-9-7-22(8-10-23)17-6-4-3-5-16(17)20/h3-6,11-12H,7-10H2,1-2H3,(H2,21,25,26). The zero-order valence-electron chi connectivity index (χ0n) is 15.3. The molecule has 27 heavy (non-hydrogen) atoms. The molecule has 8 heteroatoms. The van der Waals surface area contributed by atoms with Crippen LogP contribution >= 0.6 is 11.6 Å². The van der Waals surface area contributed by atoms with Gasteiger partial charge in [0.15, 0.2) is 0 Å². The Labute approximate surface area is 164 Å². The van der Waals surface area contributed by atoms with Crippen LogP contribution in [0.1, 0.15) is 21.5 Å². The number of anilines is 1. The van der Waals surface area contributed by atoms with E-state index >= 15 is 0 Å². The monoisotopic (exact) mass is 407 g/mol. The zero-order chi connectivity index (χ0) is 19.8. The number of amides is 1. The topological polar surface area (TPSA) is 83.7 Å². The third-order valence-electron chi connectivity index (χ3n) is 4.93. The number of sulfonamides is 1. The van der Waals surface area contributed by atoms with Crippen LogP contribution in [0.15, 0.2) is 41.3 Å². The van der Waals surface area contributed by atoms with Gasteiger partial charge < -0.3 is 9.80 Å². The Balaban J connectivity index is 1.79. The van der Waals surface area contributed by atoms with Gasteiger partial charge in [0, 0.05) is 31.7 Å². The lowest BCUT2D eigenvalue weighted by Crippen LogP contribution is -2.49. The highest BCUT2D eigenvalue weighted by Crippen LogP contribution is 2.27. The molecule has 0 aromatic heterocycles. The number of piperazine rings is 1. The number of benzene rings is 2. The van der Waals surface area contributed by atoms with Crippen molar-refractivity contribution in [2.45, 2.75) is 18.7 Å². The SMILES string of the molecule is Cc1cc(C(=O)N2CCN(c3ccccc3Cl)CC2)cc(S(N)(=O)=O)c1C. The fourth-order valence-electron chi connectivity index (χ4n) is 3.29. The Hall–Kier alpha value is -2.09. The van der Waals surface area contributed by atoms with Crippen molar-refractivity contribution in [3.63, 3.8) is 0 Å². The fraction of sp³-hybridized carbons (Fsp3) is 0.316. The lowest BCUT2D eigenvalue weighted by atomic mass is 10.0. The summed E-state index contributed by atoms with van der Waals surface area (Å²) in [6.45, 7) is 5.83. The number of nitrogens with two attached hydrogens (primary N) is 1. The van der Waals surface area contributed by atoms with E-state index in [1.54, 1.807) is 24.8 Å². The summed E-state index contributed by atoms with van der Waals surface area (Å²) in [4.78, 5) is 16.8. The largest absolute Gasteiger partial charge is 0.367 e. The third kappa shape index (κ3) is 4.10. The number of hydrogen-bond donors (Lipinski definition) is 1. The maximum atomic E-state index is 12.9. The summed E-state index contributed by atoms with van der Waals surface area (Å²) < 4.78 is 23.6. The molecule has 2 aromatic carbocycles. The fourth-order valence-corrected chi connectivity index (χ4v) is 4.42. The Morgan fingerprint density at radius 2 is 1.70 bits per heavy atom. The number of aryl methyl sites for hydroxylation is 1. The molecule has 0 unspecified atom stereocenters. The van der Waals surface area contributed by atoms with Gasteiger partial charge in [-0.25, -0.2) is 13.6 Å². The minimum absolute atomic E-state index is 0.000512. The van der Waals surface area contributed by atoms with E-state index in [4.69, 9.17) is 16.7 Å². The van der Waals surface area contributed by atoms with Gasteiger partial charge in [0.05, 0.1) is 15.6 Å². The van der Waals surface area contributed by atoms with Gasteiger partial charge in [0.1, 0.15) is 0 Å². The maximum absolute atomic E-state index is 12.9. The van der Waals surface area contributed by atoms with Crippen LogP contribution in [-0.2, 0) is 10.0 Å². The Kier molecular flexibility index (Phi) is 5.46. The van der Waals surface area contributed by atoms with Crippen LogP contribution in [-0.4, -0.2) is 45.4 Å². The Bertz CT molecular complexity index is 984. The molecule has 1 aliphatic rings. The molecule has 2 N–H and O–H groups in total. The Morgan fingerprint density at radius 3 is 2.30 bits per heavy atom. The van der Waals surface area contributed by atoms with E-state index in [2.05, 4.69) is 4.90 Å². The van der Waals surface area contributed by atoms with Crippen molar-refractivity contribution in [3.05, 3.63) is 58.1 Å². The predicted molar refractivity (Wildman–Crippen MR) is 107 cm³/mol. The van der Waals surface area contributed by atoms with Crippen molar-refractivity contribution in [1.82, 2.24) is 4.90 Å². The highest BCUT2D eigenvalue weighted by atomic mass is 35.5. The maximum Gasteiger partial charge on any atom is 0.254 e. The van der Waals surface area contributed by atoms with Crippen LogP contribution in [0.25, 0.3) is 0 Å². The molecule has 0 spiro atoms. The second kappa shape index (κ2) is 7.50. The highest BCUT2D eigenvalue weighted by molar-refractivity contribution is 7.89. The molecule has 0 atom stereocenters. The smallest absolute Gasteiger partial charge is 0.254 e. The first-order valence-corrected chi connectivity index (χ1v) is 10.5. The van der Waals surface area contributed by atoms with E-state index in [-0.39, 0.29) is 10.8 Å². The van der Waals surface area contributed by atoms with Crippen LogP contribution in [0.3, 0.4) is 0 Å². The summed E-state index contributed by atoms with van der Waals surface area (Å²) >= 11 is 6.25. The molecular formula is C19H22ClN3O3S. The van der Waals surface area contributed by atoms with E-state index in [1.165, 1.54) is 6.07 Å². The first-order chi connectivity index (χ1) is 12.7. The van der Waals surface area contributed by atoms with Gasteiger partial charge in [-0.15, -0.1) is 0 Å². The molecule has 6 nitrogen and oxygen atoms in total. The molecule has 1 heterocycles. The van der Waals surface area contributed by atoms with Gasteiger partial charge in [-0.05, 0) is 49.2 Å². The van der Waals surface area contributed by atoms with Gasteiger partial charge >= 0.3 is 0 Å². The van der Waals surface area contributed by atoms with Gasteiger partial charge in [0.25, 0.3) is 5.91 Å². The minimum Gasteiger partial charge on any atom is -0.367 e. The first kappa shape index (κ1) is 19.7. The second-order valence-electron chi connectivity index (χ2n) is 6.69. The number of rotatable bonds is 3. The molecule has 0 saturated carbocycles. The second-order valence-corrected chi connectivity index (χ2v) is 8.63. The predicted octanol–water partition coefficient (Wildman–Crippen LogP) is 2.57. The summed E-state index contributed by atoms with van der Waals surface area (Å²) in [5.74, 6) is -0.193. The molecule has 1 saturated heterocycles. The summed E-state index contributed by atoms with van der Waals surface area (Å²) in [5.41, 5.74) is 2.58. The molecule has 1 amide bonds. The molecular weight excluding hydrogens is 386 g/mol. The summed E-state index contributed by atoms with van der Waals surface area (Å²) in [6, 6.07) is 10.7. The molecule has 0 radical (unpaired) electrons. The molecule has 144 valence electrons. The summed E-state index contributed by atoms with van der Waals surface area (Å²) in [5, 5.41) is 5.98. The van der Waals surface area contributed by atoms with Crippen LogP contribution < -0.4 is 10.0 Å². The molecule has 2 aromatic rings. The number of nitrogens with zero attached hydrogens (tertiary/aromatic N) is 2. The lowest BCUT2D eigenvalue weighted by molar-refractivity contribution is 0.0746. The van der Waals surface area contributed by atoms with Crippen molar-refractivity contribution in [2.75, 3.05) is 31.1 Å². The Morgan fingerprint density at radius 1 is 1.07 bits per heavy atom. The molecule has 0 bridgehead atoms. The molecule has 1 aliphatic heterocycles. The average molecular weight is 408 g/mol. The van der Waals surface area contributed by atoms with Crippen LogP contribution in [0.5, 0.6) is 0 Å². The lowest BCUT2D eigenvalue weighted by Gasteiger charge is -2.36. The average Bonchev–Trinajstić information content (AvgIpc) is 2.63. The van der Waals surface area contributed by atoms with Crippen molar-refractivity contribution in [2.24, 2.45) is 5.14 Å². The van der Waals surface area contributed by atoms with Crippen LogP contribution in [0.4, 0.5) is 5.69 Å². The number of primary sulfonamides is 1. The third-order valence-corrected chi connectivity index (χ3v) is 6.29. The van der Waals surface area contributed by atoms with Crippen LogP contribution in [0.2, 0.25) is 5.02 Å². The number of halogens is 1. The van der Waals surface area contributed by atoms with E-state index in [1.807, 2.05) is 24.3 Å². The molecule has 1 fully saturated rings. The molecule has 0 aliphatic carbocycles. The van der Waals surface area contributed by atoms with Crippen molar-refractivity contribution < 1.29 is 13.2 Å². The summed E-state index contributed by atoms with van der Waals surface area (Å²) in [7, 11) is -3.89. The van der Waals surface area contributed by atoms with E-state index < -0.39 is 10.0 Å². The van der Waals surface area contributed by atoms with E-state index in [9.17, 15) is 13.2 Å². The summed E-state index contributed by atoms with van der Waals surface area (Å²) in [6.07, 6.45) is 0. The normalized spacial score (nSPS) is 15.1. The number of carbonyl (C=O) groups excluding carboxylic acids is 1. The van der Waals surface area contributed by atoms with E-state index in [0.717, 1.165) is 11.3 Å². The van der Waals surface area contributed by atoms with Gasteiger partial charge in [-0.1, -0.05) is 23.7 Å². The van der Waals surface area contributed by atoms with E-state index in [0.29, 0.717) is 42.3 Å². The van der Waals surface area contributed by atoms with Crippen LogP contribution in [0, 0.1) is 13.8 Å². The van der Waals surface area contributed by atoms with Crippen molar-refractivity contribution in [3.8, 4) is 0 Å². The zero-order valence-corrected chi connectivity index (χ0v) is 16.8. The first-order valence-electron chi connectivity index (χ1n) is 8.61. The number of hydrogen-bond acceptors (Lipinski definition) is 4. The van der Waals surface area contributed by atoms with Gasteiger partial charge in [0.2, 0.25) is 10.0 Å². The quantitative estimate of drug-likeness (QED) is 0.847. The highest BCUT2D eigenvalue weighted by Gasteiger charge is 2.25. The van der Waals surface area contributed by atoms with Gasteiger partial charge in [-0.3, -0.25) is 4.79 Å². The van der Waals surface area contributed by atoms with Gasteiger partial charge in [-0.2, -0.15) is 0 Å². The number of para-hydroxylation sites is 1. The van der Waals surface area contributed by atoms with Crippen molar-refractivity contribution >= 4 is 33.2 Å². The van der Waals surface area contributed by atoms with Crippen molar-refractivity contribution in [1.29, 1.82) is 0 Å².